The molecule has 0 saturated heterocycles. The van der Waals surface area contributed by atoms with E-state index in [-0.39, 0.29) is 29.6 Å². The topological polar surface area (TPSA) is 138 Å². The first-order chi connectivity index (χ1) is 5.25. The Bertz CT molecular complexity index is 298. The van der Waals surface area contributed by atoms with Crippen molar-refractivity contribution < 1.29 is 57.2 Å². The average Bonchev–Trinajstić information content (AvgIpc) is 1.79. The average molecular weight is 219 g/mol. The fourth-order valence-electron chi connectivity index (χ4n) is 0.504. The second-order valence-corrected chi connectivity index (χ2v) is 3.58. The molecule has 0 aliphatic rings. The summed E-state index contributed by atoms with van der Waals surface area (Å²) in [6.07, 6.45) is -1.14. The molecule has 1 amide bonds. The molecule has 0 aromatic rings. The number of carboxylic acids is 1. The Morgan fingerprint density at radius 2 is 1.85 bits per heavy atom. The fourth-order valence-corrected chi connectivity index (χ4v) is 1.14. The SMILES string of the molecule is NC(=O)C(CC(=O)[O-])S(=O)(=O)O.[Na+]. The summed E-state index contributed by atoms with van der Waals surface area (Å²) in [5, 5.41) is 7.73. The van der Waals surface area contributed by atoms with E-state index in [2.05, 4.69) is 5.73 Å². The number of carbonyl (C=O) groups is 2. The van der Waals surface area contributed by atoms with Crippen LogP contribution in [0.15, 0.2) is 0 Å². The van der Waals surface area contributed by atoms with Crippen molar-refractivity contribution in [2.45, 2.75) is 11.7 Å². The molecule has 13 heavy (non-hydrogen) atoms. The minimum atomic E-state index is -4.75. The van der Waals surface area contributed by atoms with Crippen molar-refractivity contribution in [2.24, 2.45) is 5.73 Å². The Morgan fingerprint density at radius 3 is 1.92 bits per heavy atom. The molecule has 3 N–H and O–H groups in total. The molecule has 0 radical (unpaired) electrons. The minimum absolute atomic E-state index is 0. The molecule has 0 heterocycles. The third-order valence-corrected chi connectivity index (χ3v) is 2.15. The van der Waals surface area contributed by atoms with Gasteiger partial charge in [0.1, 0.15) is 0 Å². The number of carbonyl (C=O) groups excluding carboxylic acids is 2. The summed E-state index contributed by atoms with van der Waals surface area (Å²) in [7, 11) is -4.75. The van der Waals surface area contributed by atoms with Crippen molar-refractivity contribution in [1.29, 1.82) is 0 Å². The van der Waals surface area contributed by atoms with Gasteiger partial charge in [0.05, 0.1) is 0 Å². The quantitative estimate of drug-likeness (QED) is 0.356. The van der Waals surface area contributed by atoms with Crippen LogP contribution in [0.3, 0.4) is 0 Å². The molecule has 70 valence electrons. The summed E-state index contributed by atoms with van der Waals surface area (Å²) in [5.41, 5.74) is 4.50. The zero-order chi connectivity index (χ0) is 9.94. The van der Waals surface area contributed by atoms with Crippen molar-refractivity contribution in [3.8, 4) is 0 Å². The Balaban J connectivity index is 0. The van der Waals surface area contributed by atoms with E-state index in [0.29, 0.717) is 0 Å². The molecule has 0 spiro atoms. The van der Waals surface area contributed by atoms with Crippen LogP contribution < -0.4 is 40.4 Å². The van der Waals surface area contributed by atoms with Crippen molar-refractivity contribution in [1.82, 2.24) is 0 Å². The molecule has 0 aliphatic heterocycles. The number of nitrogens with two attached hydrogens (primary N) is 1. The molecular formula is C4H6NNaO6S. The standard InChI is InChI=1S/C4H7NO6S.Na/c5-4(8)2(1-3(6)7)12(9,10)11;/h2H,1H2,(H2,5,8)(H,6,7)(H,9,10,11);/q;+1/p-1. The molecule has 0 saturated carbocycles. The number of hydrogen-bond acceptors (Lipinski definition) is 5. The van der Waals surface area contributed by atoms with Gasteiger partial charge in [0.25, 0.3) is 10.1 Å². The van der Waals surface area contributed by atoms with E-state index in [4.69, 9.17) is 4.55 Å². The summed E-state index contributed by atoms with van der Waals surface area (Å²) in [6, 6.07) is 0. The van der Waals surface area contributed by atoms with Gasteiger partial charge in [-0.3, -0.25) is 9.35 Å². The summed E-state index contributed by atoms with van der Waals surface area (Å²) in [5.74, 6) is -3.21. The van der Waals surface area contributed by atoms with Crippen LogP contribution in [0, 0.1) is 0 Å². The fraction of sp³-hybridized carbons (Fsp3) is 0.500. The molecule has 0 aromatic carbocycles. The van der Waals surface area contributed by atoms with E-state index in [1.165, 1.54) is 0 Å². The third-order valence-electron chi connectivity index (χ3n) is 1.03. The summed E-state index contributed by atoms with van der Waals surface area (Å²) in [4.78, 5) is 20.1. The predicted molar refractivity (Wildman–Crippen MR) is 34.2 cm³/mol. The largest absolute Gasteiger partial charge is 1.00 e. The number of rotatable bonds is 4. The van der Waals surface area contributed by atoms with Gasteiger partial charge in [0.15, 0.2) is 5.25 Å². The first kappa shape index (κ1) is 15.3. The van der Waals surface area contributed by atoms with E-state index < -0.39 is 33.7 Å². The van der Waals surface area contributed by atoms with Gasteiger partial charge in [-0.05, 0) is 0 Å². The van der Waals surface area contributed by atoms with Gasteiger partial charge in [-0.1, -0.05) is 0 Å². The van der Waals surface area contributed by atoms with Gasteiger partial charge in [0, 0.05) is 12.4 Å². The van der Waals surface area contributed by atoms with Crippen LogP contribution in [-0.2, 0) is 19.7 Å². The van der Waals surface area contributed by atoms with Crippen molar-refractivity contribution in [3.63, 3.8) is 0 Å². The second-order valence-electron chi connectivity index (χ2n) is 1.98. The maximum absolute atomic E-state index is 10.3. The molecule has 0 aromatic heterocycles. The van der Waals surface area contributed by atoms with E-state index >= 15 is 0 Å². The van der Waals surface area contributed by atoms with E-state index in [1.807, 2.05) is 0 Å². The Labute approximate surface area is 96.3 Å². The van der Waals surface area contributed by atoms with E-state index in [1.54, 1.807) is 0 Å². The number of hydrogen-bond donors (Lipinski definition) is 2. The first-order valence-electron chi connectivity index (χ1n) is 2.70. The molecule has 0 rings (SSSR count). The normalized spacial score (nSPS) is 12.7. The van der Waals surface area contributed by atoms with Crippen LogP contribution in [0.5, 0.6) is 0 Å². The van der Waals surface area contributed by atoms with Gasteiger partial charge < -0.3 is 15.6 Å². The zero-order valence-corrected chi connectivity index (χ0v) is 9.58. The predicted octanol–water partition coefficient (Wildman–Crippen LogP) is -6.13. The number of primary amides is 1. The van der Waals surface area contributed by atoms with Crippen LogP contribution in [-0.4, -0.2) is 30.1 Å². The Morgan fingerprint density at radius 1 is 1.46 bits per heavy atom. The third kappa shape index (κ3) is 5.99. The van der Waals surface area contributed by atoms with Crippen LogP contribution >= 0.6 is 0 Å². The zero-order valence-electron chi connectivity index (χ0n) is 6.76. The number of aliphatic carboxylic acids is 1. The Kier molecular flexibility index (Phi) is 6.55. The van der Waals surface area contributed by atoms with Gasteiger partial charge in [-0.2, -0.15) is 8.42 Å². The summed E-state index contributed by atoms with van der Waals surface area (Å²) >= 11 is 0. The van der Waals surface area contributed by atoms with Gasteiger partial charge in [-0.15, -0.1) is 0 Å². The van der Waals surface area contributed by atoms with Gasteiger partial charge >= 0.3 is 29.6 Å². The molecule has 1 atom stereocenters. The van der Waals surface area contributed by atoms with Gasteiger partial charge in [-0.25, -0.2) is 0 Å². The molecule has 1 unspecified atom stereocenters. The number of amides is 1. The molecule has 9 heteroatoms. The smallest absolute Gasteiger partial charge is 0.550 e. The first-order valence-corrected chi connectivity index (χ1v) is 4.21. The van der Waals surface area contributed by atoms with Crippen molar-refractivity contribution in [3.05, 3.63) is 0 Å². The van der Waals surface area contributed by atoms with E-state index in [9.17, 15) is 23.1 Å². The summed E-state index contributed by atoms with van der Waals surface area (Å²) < 4.78 is 28.8. The Hall–Kier alpha value is -0.150. The van der Waals surface area contributed by atoms with Crippen LogP contribution in [0.1, 0.15) is 6.42 Å². The molecular weight excluding hydrogens is 213 g/mol. The molecule has 7 nitrogen and oxygen atoms in total. The van der Waals surface area contributed by atoms with Crippen molar-refractivity contribution in [2.75, 3.05) is 0 Å². The van der Waals surface area contributed by atoms with Crippen LogP contribution in [0.25, 0.3) is 0 Å². The number of carboxylic acid groups (broad SMARTS) is 1. The van der Waals surface area contributed by atoms with Gasteiger partial charge in [0.2, 0.25) is 5.91 Å². The van der Waals surface area contributed by atoms with E-state index in [0.717, 1.165) is 0 Å². The van der Waals surface area contributed by atoms with Crippen LogP contribution in [0.4, 0.5) is 0 Å². The summed E-state index contributed by atoms with van der Waals surface area (Å²) in [6.45, 7) is 0. The maximum Gasteiger partial charge on any atom is 1.00 e. The van der Waals surface area contributed by atoms with Crippen molar-refractivity contribution >= 4 is 22.0 Å². The molecule has 0 bridgehead atoms. The maximum atomic E-state index is 10.3. The monoisotopic (exact) mass is 219 g/mol. The molecule has 0 aliphatic carbocycles. The second kappa shape index (κ2) is 5.55. The minimum Gasteiger partial charge on any atom is -0.550 e. The van der Waals surface area contributed by atoms with Crippen LogP contribution in [0.2, 0.25) is 0 Å². The molecule has 0 fully saturated rings.